The minimum absolute atomic E-state index is 0.820. The summed E-state index contributed by atoms with van der Waals surface area (Å²) in [6.45, 7) is 2.10. The molecule has 3 N–H and O–H groups in total. The number of aromatic nitrogens is 2. The number of aryl methyl sites for hydroxylation is 1. The zero-order valence-corrected chi connectivity index (χ0v) is 10.4. The van der Waals surface area contributed by atoms with Gasteiger partial charge in [0.25, 0.3) is 0 Å². The van der Waals surface area contributed by atoms with Crippen molar-refractivity contribution in [3.05, 3.63) is 23.3 Å². The van der Waals surface area contributed by atoms with Crippen molar-refractivity contribution in [2.45, 2.75) is 13.3 Å². The quantitative estimate of drug-likeness (QED) is 0.730. The highest BCUT2D eigenvalue weighted by molar-refractivity contribution is 7.22. The van der Waals surface area contributed by atoms with Crippen LogP contribution in [-0.4, -0.2) is 9.97 Å². The van der Waals surface area contributed by atoms with Gasteiger partial charge in [0, 0.05) is 11.6 Å². The summed E-state index contributed by atoms with van der Waals surface area (Å²) in [5, 5.41) is 3.15. The van der Waals surface area contributed by atoms with E-state index in [1.165, 1.54) is 10.2 Å². The van der Waals surface area contributed by atoms with E-state index in [1.54, 1.807) is 22.7 Å². The average molecular weight is 249 g/mol. The van der Waals surface area contributed by atoms with Crippen LogP contribution in [0.3, 0.4) is 0 Å². The third-order valence-corrected chi connectivity index (χ3v) is 4.59. The van der Waals surface area contributed by atoms with Gasteiger partial charge in [-0.2, -0.15) is 0 Å². The molecule has 0 saturated carbocycles. The van der Waals surface area contributed by atoms with Gasteiger partial charge < -0.3 is 10.7 Å². The van der Waals surface area contributed by atoms with E-state index < -0.39 is 0 Å². The summed E-state index contributed by atoms with van der Waals surface area (Å²) in [7, 11) is 0. The topological polar surface area (TPSA) is 54.7 Å². The first-order valence-corrected chi connectivity index (χ1v) is 6.73. The maximum Gasteiger partial charge on any atom is 0.115 e. The number of aromatic amines is 1. The van der Waals surface area contributed by atoms with Crippen LogP contribution in [0.15, 0.2) is 18.3 Å². The van der Waals surface area contributed by atoms with Crippen LogP contribution in [0.4, 0.5) is 5.00 Å². The van der Waals surface area contributed by atoms with E-state index in [-0.39, 0.29) is 0 Å². The summed E-state index contributed by atoms with van der Waals surface area (Å²) in [5.41, 5.74) is 6.93. The Morgan fingerprint density at radius 2 is 2.31 bits per heavy atom. The third kappa shape index (κ3) is 1.44. The highest BCUT2D eigenvalue weighted by atomic mass is 32.1. The van der Waals surface area contributed by atoms with Gasteiger partial charge in [0.2, 0.25) is 0 Å². The Labute approximate surface area is 101 Å². The van der Waals surface area contributed by atoms with E-state index in [0.717, 1.165) is 27.0 Å². The van der Waals surface area contributed by atoms with Crippen LogP contribution in [-0.2, 0) is 6.42 Å². The second-order valence-corrected chi connectivity index (χ2v) is 5.71. The first-order chi connectivity index (χ1) is 7.78. The number of hydrogen-bond donors (Lipinski definition) is 2. The molecule has 0 aliphatic rings. The maximum absolute atomic E-state index is 5.99. The molecule has 0 aromatic carbocycles. The van der Waals surface area contributed by atoms with Crippen molar-refractivity contribution in [1.29, 1.82) is 0 Å². The number of hydrogen-bond acceptors (Lipinski definition) is 4. The molecule has 0 aliphatic heterocycles. The zero-order chi connectivity index (χ0) is 11.1. The number of nitrogens with zero attached hydrogens (tertiary/aromatic N) is 1. The molecule has 0 bridgehead atoms. The Morgan fingerprint density at radius 1 is 1.44 bits per heavy atom. The SMILES string of the molecule is CCc1nc(-c2cc3cc[nH]c3s2)c(N)s1. The lowest BCUT2D eigenvalue weighted by Crippen LogP contribution is -1.83. The molecule has 0 unspecified atom stereocenters. The average Bonchev–Trinajstić information content (AvgIpc) is 2.89. The van der Waals surface area contributed by atoms with Gasteiger partial charge in [0.05, 0.1) is 9.88 Å². The van der Waals surface area contributed by atoms with Crippen LogP contribution < -0.4 is 5.73 Å². The lowest BCUT2D eigenvalue weighted by molar-refractivity contribution is 1.10. The molecular weight excluding hydrogens is 238 g/mol. The second-order valence-electron chi connectivity index (χ2n) is 3.55. The minimum Gasteiger partial charge on any atom is -0.389 e. The Bertz CT molecular complexity index is 604. The van der Waals surface area contributed by atoms with Crippen LogP contribution in [0, 0.1) is 0 Å². The first kappa shape index (κ1) is 9.86. The predicted octanol–water partition coefficient (Wildman–Crippen LogP) is 3.50. The smallest absolute Gasteiger partial charge is 0.115 e. The van der Waals surface area contributed by atoms with Crippen molar-refractivity contribution in [1.82, 2.24) is 9.97 Å². The van der Waals surface area contributed by atoms with Crippen LogP contribution in [0.5, 0.6) is 0 Å². The van der Waals surface area contributed by atoms with Gasteiger partial charge in [-0.05, 0) is 18.6 Å². The molecule has 0 fully saturated rings. The number of fused-ring (bicyclic) bond motifs is 1. The molecule has 0 atom stereocenters. The lowest BCUT2D eigenvalue weighted by Gasteiger charge is -1.90. The first-order valence-electron chi connectivity index (χ1n) is 5.10. The van der Waals surface area contributed by atoms with E-state index in [0.29, 0.717) is 0 Å². The fourth-order valence-electron chi connectivity index (χ4n) is 1.67. The summed E-state index contributed by atoms with van der Waals surface area (Å²) < 4.78 is 0. The van der Waals surface area contributed by atoms with Gasteiger partial charge in [0.15, 0.2) is 0 Å². The molecule has 16 heavy (non-hydrogen) atoms. The van der Waals surface area contributed by atoms with E-state index in [2.05, 4.69) is 29.0 Å². The molecule has 3 heterocycles. The molecule has 0 aliphatic carbocycles. The molecule has 0 amide bonds. The highest BCUT2D eigenvalue weighted by Gasteiger charge is 2.12. The van der Waals surface area contributed by atoms with Crippen molar-refractivity contribution in [2.75, 3.05) is 5.73 Å². The van der Waals surface area contributed by atoms with Gasteiger partial charge in [0.1, 0.15) is 15.5 Å². The summed E-state index contributed by atoms with van der Waals surface area (Å²) in [6, 6.07) is 4.21. The largest absolute Gasteiger partial charge is 0.389 e. The summed E-state index contributed by atoms with van der Waals surface area (Å²) in [4.78, 5) is 10.1. The van der Waals surface area contributed by atoms with Gasteiger partial charge in [-0.25, -0.2) is 4.98 Å². The van der Waals surface area contributed by atoms with Crippen LogP contribution >= 0.6 is 22.7 Å². The second kappa shape index (κ2) is 3.61. The number of nitrogens with two attached hydrogens (primary N) is 1. The molecule has 82 valence electrons. The van der Waals surface area contributed by atoms with Gasteiger partial charge in [-0.15, -0.1) is 22.7 Å². The summed E-state index contributed by atoms with van der Waals surface area (Å²) in [6.07, 6.45) is 2.89. The molecule has 0 saturated heterocycles. The van der Waals surface area contributed by atoms with E-state index >= 15 is 0 Å². The van der Waals surface area contributed by atoms with Gasteiger partial charge in [-0.3, -0.25) is 0 Å². The summed E-state index contributed by atoms with van der Waals surface area (Å²) in [5.74, 6) is 0. The molecular formula is C11H11N3S2. The van der Waals surface area contributed by atoms with E-state index in [1.807, 2.05) is 6.20 Å². The van der Waals surface area contributed by atoms with Crippen molar-refractivity contribution in [3.8, 4) is 10.6 Å². The number of nitrogens with one attached hydrogen (secondary N) is 1. The third-order valence-electron chi connectivity index (χ3n) is 2.47. The molecule has 0 spiro atoms. The number of H-pyrrole nitrogens is 1. The minimum atomic E-state index is 0.820. The number of rotatable bonds is 2. The van der Waals surface area contributed by atoms with E-state index in [4.69, 9.17) is 5.73 Å². The Kier molecular flexibility index (Phi) is 2.22. The van der Waals surface area contributed by atoms with Crippen LogP contribution in [0.25, 0.3) is 20.8 Å². The van der Waals surface area contributed by atoms with Crippen molar-refractivity contribution >= 4 is 37.9 Å². The monoisotopic (exact) mass is 249 g/mol. The number of nitrogen functional groups attached to an aromatic ring is 1. The zero-order valence-electron chi connectivity index (χ0n) is 8.78. The molecule has 5 heteroatoms. The lowest BCUT2D eigenvalue weighted by atomic mass is 10.3. The van der Waals surface area contributed by atoms with E-state index in [9.17, 15) is 0 Å². The Morgan fingerprint density at radius 3 is 3.00 bits per heavy atom. The van der Waals surface area contributed by atoms with Gasteiger partial charge >= 0.3 is 0 Å². The van der Waals surface area contributed by atoms with Crippen molar-refractivity contribution < 1.29 is 0 Å². The fraction of sp³-hybridized carbons (Fsp3) is 0.182. The maximum atomic E-state index is 5.99. The van der Waals surface area contributed by atoms with Crippen molar-refractivity contribution in [3.63, 3.8) is 0 Å². The molecule has 3 aromatic rings. The molecule has 3 nitrogen and oxygen atoms in total. The van der Waals surface area contributed by atoms with Crippen LogP contribution in [0.1, 0.15) is 11.9 Å². The Balaban J connectivity index is 2.14. The fourth-order valence-corrected chi connectivity index (χ4v) is 3.55. The molecule has 0 radical (unpaired) electrons. The summed E-state index contributed by atoms with van der Waals surface area (Å²) >= 11 is 3.29. The predicted molar refractivity (Wildman–Crippen MR) is 71.1 cm³/mol. The normalized spacial score (nSPS) is 11.3. The number of thiophene rings is 1. The number of thiazole rings is 1. The van der Waals surface area contributed by atoms with Crippen LogP contribution in [0.2, 0.25) is 0 Å². The molecule has 3 rings (SSSR count). The van der Waals surface area contributed by atoms with Gasteiger partial charge in [-0.1, -0.05) is 6.92 Å². The molecule has 3 aromatic heterocycles. The highest BCUT2D eigenvalue weighted by Crippen LogP contribution is 2.37. The number of anilines is 1. The Hall–Kier alpha value is -1.33. The van der Waals surface area contributed by atoms with Crippen molar-refractivity contribution in [2.24, 2.45) is 0 Å². The standard InChI is InChI=1S/C11H11N3S2/c1-2-8-14-9(10(12)16-8)7-5-6-3-4-13-11(6)15-7/h3-5,13H,2,12H2,1H3.